The minimum Gasteiger partial charge on any atom is -0.392 e. The summed E-state index contributed by atoms with van der Waals surface area (Å²) in [6.45, 7) is 0.127. The molecule has 1 rings (SSSR count). The minimum atomic E-state index is 0.127. The van der Waals surface area contributed by atoms with Gasteiger partial charge in [-0.15, -0.1) is 23.5 Å². The van der Waals surface area contributed by atoms with Crippen LogP contribution >= 0.6 is 23.5 Å². The maximum atomic E-state index is 8.91. The van der Waals surface area contributed by atoms with Crippen molar-refractivity contribution in [2.45, 2.75) is 16.4 Å². The zero-order valence-corrected chi connectivity index (χ0v) is 8.84. The van der Waals surface area contributed by atoms with Crippen LogP contribution in [0.4, 0.5) is 0 Å². The van der Waals surface area contributed by atoms with Crippen molar-refractivity contribution in [2.75, 3.05) is 12.5 Å². The molecule has 1 aromatic rings. The molecule has 0 fully saturated rings. The quantitative estimate of drug-likeness (QED) is 0.757. The zero-order valence-electron chi connectivity index (χ0n) is 7.20. The number of aliphatic hydroxyl groups excluding tert-OH is 1. The van der Waals surface area contributed by atoms with Crippen LogP contribution in [0.2, 0.25) is 0 Å². The Morgan fingerprint density at radius 3 is 2.33 bits per heavy atom. The van der Waals surface area contributed by atoms with Crippen molar-refractivity contribution in [3.63, 3.8) is 0 Å². The molecule has 0 amide bonds. The fraction of sp³-hybridized carbons (Fsp3) is 0.333. The standard InChI is InChI=1S/C9H12OS2/c1-11-8-4-3-7(6-10)5-9(8)12-2/h3-5,10H,6H2,1-2H3. The third kappa shape index (κ3) is 2.19. The highest BCUT2D eigenvalue weighted by Crippen LogP contribution is 2.28. The van der Waals surface area contributed by atoms with Gasteiger partial charge in [0.1, 0.15) is 0 Å². The van der Waals surface area contributed by atoms with Crippen LogP contribution in [0, 0.1) is 0 Å². The highest BCUT2D eigenvalue weighted by atomic mass is 32.2. The van der Waals surface area contributed by atoms with Crippen molar-refractivity contribution in [3.8, 4) is 0 Å². The number of rotatable bonds is 3. The van der Waals surface area contributed by atoms with Gasteiger partial charge in [0.2, 0.25) is 0 Å². The Labute approximate surface area is 81.6 Å². The Bertz CT molecular complexity index is 261. The van der Waals surface area contributed by atoms with Gasteiger partial charge < -0.3 is 5.11 Å². The van der Waals surface area contributed by atoms with Crippen LogP contribution in [0.5, 0.6) is 0 Å². The number of thioether (sulfide) groups is 2. The van der Waals surface area contributed by atoms with Gasteiger partial charge >= 0.3 is 0 Å². The van der Waals surface area contributed by atoms with E-state index in [0.29, 0.717) is 0 Å². The molecule has 0 heterocycles. The summed E-state index contributed by atoms with van der Waals surface area (Å²) in [5, 5.41) is 8.91. The molecule has 1 aromatic carbocycles. The maximum Gasteiger partial charge on any atom is 0.0682 e. The van der Waals surface area contributed by atoms with Gasteiger partial charge in [0.25, 0.3) is 0 Å². The van der Waals surface area contributed by atoms with Crippen molar-refractivity contribution >= 4 is 23.5 Å². The lowest BCUT2D eigenvalue weighted by molar-refractivity contribution is 0.281. The third-order valence-corrected chi connectivity index (χ3v) is 3.33. The van der Waals surface area contributed by atoms with Crippen molar-refractivity contribution < 1.29 is 5.11 Å². The van der Waals surface area contributed by atoms with E-state index < -0.39 is 0 Å². The highest BCUT2D eigenvalue weighted by Gasteiger charge is 2.00. The van der Waals surface area contributed by atoms with E-state index in [1.165, 1.54) is 9.79 Å². The van der Waals surface area contributed by atoms with Gasteiger partial charge in [-0.3, -0.25) is 0 Å². The molecule has 0 radical (unpaired) electrons. The number of hydrogen-bond acceptors (Lipinski definition) is 3. The largest absolute Gasteiger partial charge is 0.392 e. The second-order valence-corrected chi connectivity index (χ2v) is 4.04. The van der Waals surface area contributed by atoms with Crippen LogP contribution in [-0.4, -0.2) is 17.6 Å². The second-order valence-electron chi connectivity index (χ2n) is 2.35. The van der Waals surface area contributed by atoms with Crippen molar-refractivity contribution in [1.82, 2.24) is 0 Å². The fourth-order valence-electron chi connectivity index (χ4n) is 0.979. The van der Waals surface area contributed by atoms with E-state index in [1.54, 1.807) is 23.5 Å². The molecule has 0 bridgehead atoms. The lowest BCUT2D eigenvalue weighted by atomic mass is 10.2. The Morgan fingerprint density at radius 1 is 1.17 bits per heavy atom. The third-order valence-electron chi connectivity index (χ3n) is 1.63. The van der Waals surface area contributed by atoms with Crippen LogP contribution in [-0.2, 0) is 6.61 Å². The summed E-state index contributed by atoms with van der Waals surface area (Å²) in [5.74, 6) is 0. The summed E-state index contributed by atoms with van der Waals surface area (Å²) in [7, 11) is 0. The van der Waals surface area contributed by atoms with E-state index in [1.807, 2.05) is 12.1 Å². The van der Waals surface area contributed by atoms with Crippen LogP contribution in [0.1, 0.15) is 5.56 Å². The van der Waals surface area contributed by atoms with Gasteiger partial charge in [-0.2, -0.15) is 0 Å². The van der Waals surface area contributed by atoms with E-state index in [9.17, 15) is 0 Å². The normalized spacial score (nSPS) is 10.2. The van der Waals surface area contributed by atoms with Crippen molar-refractivity contribution in [2.24, 2.45) is 0 Å². The molecule has 1 nitrogen and oxygen atoms in total. The molecule has 0 saturated carbocycles. The molecule has 3 heteroatoms. The first-order valence-electron chi connectivity index (χ1n) is 3.63. The van der Waals surface area contributed by atoms with E-state index in [2.05, 4.69) is 18.6 Å². The van der Waals surface area contributed by atoms with Gasteiger partial charge in [0, 0.05) is 9.79 Å². The Balaban J connectivity index is 3.02. The molecule has 12 heavy (non-hydrogen) atoms. The second kappa shape index (κ2) is 4.80. The average molecular weight is 200 g/mol. The first kappa shape index (κ1) is 9.96. The molecule has 66 valence electrons. The molecule has 0 unspecified atom stereocenters. The van der Waals surface area contributed by atoms with E-state index >= 15 is 0 Å². The Morgan fingerprint density at radius 2 is 1.83 bits per heavy atom. The first-order valence-corrected chi connectivity index (χ1v) is 6.08. The molecule has 0 saturated heterocycles. The zero-order chi connectivity index (χ0) is 8.97. The Hall–Kier alpha value is -0.120. The van der Waals surface area contributed by atoms with Gasteiger partial charge in [-0.25, -0.2) is 0 Å². The van der Waals surface area contributed by atoms with Crippen LogP contribution in [0.25, 0.3) is 0 Å². The highest BCUT2D eigenvalue weighted by molar-refractivity contribution is 8.01. The van der Waals surface area contributed by atoms with Gasteiger partial charge in [0.15, 0.2) is 0 Å². The summed E-state index contributed by atoms with van der Waals surface area (Å²) >= 11 is 3.45. The molecule has 0 spiro atoms. The lowest BCUT2D eigenvalue weighted by Crippen LogP contribution is -1.85. The smallest absolute Gasteiger partial charge is 0.0682 e. The van der Waals surface area contributed by atoms with E-state index in [0.717, 1.165) is 5.56 Å². The molecule has 0 atom stereocenters. The van der Waals surface area contributed by atoms with Gasteiger partial charge in [0.05, 0.1) is 6.61 Å². The fourth-order valence-corrected chi connectivity index (χ4v) is 2.48. The van der Waals surface area contributed by atoms with Gasteiger partial charge in [-0.1, -0.05) is 6.07 Å². The average Bonchev–Trinajstić information content (AvgIpc) is 2.16. The molecular formula is C9H12OS2. The van der Waals surface area contributed by atoms with Crippen molar-refractivity contribution in [1.29, 1.82) is 0 Å². The van der Waals surface area contributed by atoms with Crippen LogP contribution in [0.3, 0.4) is 0 Å². The van der Waals surface area contributed by atoms with E-state index in [-0.39, 0.29) is 6.61 Å². The first-order chi connectivity index (χ1) is 5.81. The van der Waals surface area contributed by atoms with Crippen LogP contribution < -0.4 is 0 Å². The summed E-state index contributed by atoms with van der Waals surface area (Å²) in [4.78, 5) is 2.52. The number of aliphatic hydroxyl groups is 1. The molecule has 1 N–H and O–H groups in total. The summed E-state index contributed by atoms with van der Waals surface area (Å²) in [6.07, 6.45) is 4.11. The lowest BCUT2D eigenvalue weighted by Gasteiger charge is -2.05. The summed E-state index contributed by atoms with van der Waals surface area (Å²) in [5.41, 5.74) is 0.983. The Kier molecular flexibility index (Phi) is 3.98. The molecule has 0 aliphatic rings. The summed E-state index contributed by atoms with van der Waals surface area (Å²) < 4.78 is 0. The minimum absolute atomic E-state index is 0.127. The maximum absolute atomic E-state index is 8.91. The van der Waals surface area contributed by atoms with Crippen molar-refractivity contribution in [3.05, 3.63) is 23.8 Å². The van der Waals surface area contributed by atoms with E-state index in [4.69, 9.17) is 5.11 Å². The summed E-state index contributed by atoms with van der Waals surface area (Å²) in [6, 6.07) is 6.06. The SMILES string of the molecule is CSc1ccc(CO)cc1SC. The predicted octanol–water partition coefficient (Wildman–Crippen LogP) is 2.62. The monoisotopic (exact) mass is 200 g/mol. The molecule has 0 aliphatic carbocycles. The molecule has 0 aliphatic heterocycles. The number of hydrogen-bond donors (Lipinski definition) is 1. The predicted molar refractivity (Wildman–Crippen MR) is 55.9 cm³/mol. The molecular weight excluding hydrogens is 188 g/mol. The van der Waals surface area contributed by atoms with Crippen LogP contribution in [0.15, 0.2) is 28.0 Å². The topological polar surface area (TPSA) is 20.2 Å². The van der Waals surface area contributed by atoms with Gasteiger partial charge in [-0.05, 0) is 30.2 Å². The molecule has 0 aromatic heterocycles. The number of benzene rings is 1.